The second kappa shape index (κ2) is 7.16. The van der Waals surface area contributed by atoms with Crippen LogP contribution in [0.2, 0.25) is 0 Å². The highest BCUT2D eigenvalue weighted by Gasteiger charge is 2.24. The van der Waals surface area contributed by atoms with Crippen molar-refractivity contribution in [2.24, 2.45) is 10.8 Å². The highest BCUT2D eigenvalue weighted by atomic mass is 16.2. The molecule has 0 fully saturated rings. The zero-order chi connectivity index (χ0) is 14.4. The summed E-state index contributed by atoms with van der Waals surface area (Å²) in [5, 5.41) is 0. The molecule has 0 saturated heterocycles. The van der Waals surface area contributed by atoms with Crippen LogP contribution in [0, 0.1) is 10.8 Å². The summed E-state index contributed by atoms with van der Waals surface area (Å²) in [7, 11) is 1.92. The molecule has 0 unspecified atom stereocenters. The van der Waals surface area contributed by atoms with Crippen LogP contribution in [0.3, 0.4) is 0 Å². The minimum absolute atomic E-state index is 0.247. The molecule has 0 aromatic carbocycles. The van der Waals surface area contributed by atoms with Gasteiger partial charge in [0.25, 0.3) is 0 Å². The number of unbranched alkanes of at least 4 members (excludes halogenated alkanes) is 2. The number of carbonyl (C=O) groups is 1. The molecule has 0 aliphatic heterocycles. The molecule has 2 nitrogen and oxygen atoms in total. The van der Waals surface area contributed by atoms with E-state index in [1.807, 2.05) is 32.7 Å². The lowest BCUT2D eigenvalue weighted by Gasteiger charge is -2.26. The second-order valence-corrected chi connectivity index (χ2v) is 7.31. The molecule has 0 spiro atoms. The Balaban J connectivity index is 3.77. The summed E-state index contributed by atoms with van der Waals surface area (Å²) >= 11 is 0. The molecule has 0 aliphatic carbocycles. The van der Waals surface area contributed by atoms with Gasteiger partial charge in [-0.15, -0.1) is 0 Å². The summed E-state index contributed by atoms with van der Waals surface area (Å²) in [6.07, 6.45) is 6.16. The van der Waals surface area contributed by atoms with Gasteiger partial charge in [0, 0.05) is 19.0 Å². The van der Waals surface area contributed by atoms with Crippen molar-refractivity contribution in [3.63, 3.8) is 0 Å². The van der Waals surface area contributed by atoms with Crippen molar-refractivity contribution in [1.82, 2.24) is 4.90 Å². The third-order valence-electron chi connectivity index (χ3n) is 3.79. The summed E-state index contributed by atoms with van der Waals surface area (Å²) in [6.45, 7) is 13.8. The fraction of sp³-hybridized carbons (Fsp3) is 0.938. The van der Waals surface area contributed by atoms with Gasteiger partial charge in [0.15, 0.2) is 0 Å². The highest BCUT2D eigenvalue weighted by Crippen LogP contribution is 2.27. The van der Waals surface area contributed by atoms with Crippen LogP contribution >= 0.6 is 0 Å². The summed E-state index contributed by atoms with van der Waals surface area (Å²) in [5.41, 5.74) is 0.228. The topological polar surface area (TPSA) is 20.3 Å². The Bertz CT molecular complexity index is 250. The molecular formula is C16H33NO. The molecule has 0 radical (unpaired) electrons. The predicted octanol–water partition coefficient (Wildman–Crippen LogP) is 4.49. The van der Waals surface area contributed by atoms with Gasteiger partial charge in [-0.2, -0.15) is 0 Å². The van der Waals surface area contributed by atoms with Gasteiger partial charge in [0.2, 0.25) is 5.91 Å². The Labute approximate surface area is 114 Å². The van der Waals surface area contributed by atoms with Crippen molar-refractivity contribution in [2.75, 3.05) is 13.6 Å². The highest BCUT2D eigenvalue weighted by molar-refractivity contribution is 5.81. The Morgan fingerprint density at radius 1 is 1.00 bits per heavy atom. The monoisotopic (exact) mass is 255 g/mol. The Hall–Kier alpha value is -0.530. The first-order chi connectivity index (χ1) is 8.10. The lowest BCUT2D eigenvalue weighted by molar-refractivity contribution is -0.138. The Morgan fingerprint density at radius 2 is 1.56 bits per heavy atom. The molecule has 18 heavy (non-hydrogen) atoms. The van der Waals surface area contributed by atoms with E-state index in [4.69, 9.17) is 0 Å². The maximum atomic E-state index is 12.0. The first kappa shape index (κ1) is 17.5. The van der Waals surface area contributed by atoms with Crippen molar-refractivity contribution >= 4 is 5.91 Å². The van der Waals surface area contributed by atoms with Crippen LogP contribution in [0.15, 0.2) is 0 Å². The maximum Gasteiger partial charge on any atom is 0.227 e. The van der Waals surface area contributed by atoms with Gasteiger partial charge in [-0.1, -0.05) is 60.8 Å². The first-order valence-electron chi connectivity index (χ1n) is 7.36. The molecule has 0 saturated carbocycles. The van der Waals surface area contributed by atoms with Gasteiger partial charge in [0.05, 0.1) is 0 Å². The predicted molar refractivity (Wildman–Crippen MR) is 79.6 cm³/mol. The number of rotatable bonds is 7. The van der Waals surface area contributed by atoms with Gasteiger partial charge in [-0.05, 0) is 18.3 Å². The van der Waals surface area contributed by atoms with Crippen molar-refractivity contribution in [1.29, 1.82) is 0 Å². The number of hydrogen-bond acceptors (Lipinski definition) is 1. The standard InChI is InChI=1S/C16H33NO/c1-8-16(5,6)12-10-9-11-13-17(7)14(18)15(2,3)4/h8-13H2,1-7H3. The normalized spacial score (nSPS) is 12.6. The van der Waals surface area contributed by atoms with E-state index >= 15 is 0 Å². The molecule has 2 heteroatoms. The lowest BCUT2D eigenvalue weighted by Crippen LogP contribution is -2.37. The van der Waals surface area contributed by atoms with Crippen molar-refractivity contribution in [3.8, 4) is 0 Å². The molecule has 0 N–H and O–H groups in total. The molecule has 108 valence electrons. The second-order valence-electron chi connectivity index (χ2n) is 7.31. The minimum atomic E-state index is -0.251. The van der Waals surface area contributed by atoms with E-state index in [-0.39, 0.29) is 11.3 Å². The molecule has 0 aromatic heterocycles. The molecule has 0 atom stereocenters. The Kier molecular flexibility index (Phi) is 6.94. The fourth-order valence-electron chi connectivity index (χ4n) is 1.98. The van der Waals surface area contributed by atoms with Crippen molar-refractivity contribution in [3.05, 3.63) is 0 Å². The number of carbonyl (C=O) groups excluding carboxylic acids is 1. The van der Waals surface area contributed by atoms with Gasteiger partial charge in [-0.25, -0.2) is 0 Å². The minimum Gasteiger partial charge on any atom is -0.345 e. The van der Waals surface area contributed by atoms with E-state index in [0.29, 0.717) is 5.41 Å². The molecule has 0 rings (SSSR count). The van der Waals surface area contributed by atoms with Gasteiger partial charge < -0.3 is 4.90 Å². The molecule has 1 amide bonds. The van der Waals surface area contributed by atoms with Gasteiger partial charge >= 0.3 is 0 Å². The number of nitrogens with zero attached hydrogens (tertiary/aromatic N) is 1. The van der Waals surface area contributed by atoms with Crippen LogP contribution in [0.5, 0.6) is 0 Å². The van der Waals surface area contributed by atoms with Crippen LogP contribution in [0.4, 0.5) is 0 Å². The van der Waals surface area contributed by atoms with E-state index in [9.17, 15) is 4.79 Å². The molecule has 0 aromatic rings. The molecule has 0 aliphatic rings. The van der Waals surface area contributed by atoms with Crippen LogP contribution in [0.1, 0.15) is 73.6 Å². The van der Waals surface area contributed by atoms with Gasteiger partial charge in [-0.3, -0.25) is 4.79 Å². The van der Waals surface area contributed by atoms with Gasteiger partial charge in [0.1, 0.15) is 0 Å². The van der Waals surface area contributed by atoms with E-state index in [2.05, 4.69) is 20.8 Å². The smallest absolute Gasteiger partial charge is 0.227 e. The van der Waals surface area contributed by atoms with E-state index in [0.717, 1.165) is 13.0 Å². The molecular weight excluding hydrogens is 222 g/mol. The van der Waals surface area contributed by atoms with Crippen LogP contribution < -0.4 is 0 Å². The molecule has 0 bridgehead atoms. The maximum absolute atomic E-state index is 12.0. The quantitative estimate of drug-likeness (QED) is 0.614. The average molecular weight is 255 g/mol. The summed E-state index contributed by atoms with van der Waals surface area (Å²) < 4.78 is 0. The molecule has 0 heterocycles. The third-order valence-corrected chi connectivity index (χ3v) is 3.79. The number of amides is 1. The van der Waals surface area contributed by atoms with E-state index < -0.39 is 0 Å². The lowest BCUT2D eigenvalue weighted by atomic mass is 9.84. The fourth-order valence-corrected chi connectivity index (χ4v) is 1.98. The SMILES string of the molecule is CCC(C)(C)CCCCCN(C)C(=O)C(C)(C)C. The number of hydrogen-bond donors (Lipinski definition) is 0. The Morgan fingerprint density at radius 3 is 2.00 bits per heavy atom. The van der Waals surface area contributed by atoms with Crippen LogP contribution in [-0.4, -0.2) is 24.4 Å². The summed E-state index contributed by atoms with van der Waals surface area (Å²) in [6, 6.07) is 0. The van der Waals surface area contributed by atoms with Crippen LogP contribution in [-0.2, 0) is 4.79 Å². The third kappa shape index (κ3) is 7.03. The van der Waals surface area contributed by atoms with E-state index in [1.54, 1.807) is 0 Å². The zero-order valence-corrected chi connectivity index (χ0v) is 13.6. The van der Waals surface area contributed by atoms with Crippen LogP contribution in [0.25, 0.3) is 0 Å². The summed E-state index contributed by atoms with van der Waals surface area (Å²) in [5.74, 6) is 0.247. The summed E-state index contributed by atoms with van der Waals surface area (Å²) in [4.78, 5) is 13.8. The van der Waals surface area contributed by atoms with Crippen molar-refractivity contribution in [2.45, 2.75) is 73.6 Å². The largest absolute Gasteiger partial charge is 0.345 e. The zero-order valence-electron chi connectivity index (χ0n) is 13.6. The average Bonchev–Trinajstić information content (AvgIpc) is 2.26. The van der Waals surface area contributed by atoms with E-state index in [1.165, 1.54) is 25.7 Å². The van der Waals surface area contributed by atoms with Crippen molar-refractivity contribution < 1.29 is 4.79 Å². The first-order valence-corrected chi connectivity index (χ1v) is 7.36.